The minimum absolute atomic E-state index is 0.0700. The molecule has 0 rings (SSSR count). The Kier molecular flexibility index (Phi) is 62.1. The average Bonchev–Trinajstić information content (AvgIpc) is 3.41. The van der Waals surface area contributed by atoms with Crippen LogP contribution in [0.2, 0.25) is 0 Å². The molecule has 0 amide bonds. The fourth-order valence-electron chi connectivity index (χ4n) is 10.1. The molecular weight excluding hydrogens is 925 g/mol. The van der Waals surface area contributed by atoms with Gasteiger partial charge in [-0.05, 0) is 77.0 Å². The maximum Gasteiger partial charge on any atom is 0.306 e. The van der Waals surface area contributed by atoms with E-state index in [1.165, 1.54) is 257 Å². The van der Waals surface area contributed by atoms with Crippen LogP contribution in [-0.2, 0) is 28.6 Å². The van der Waals surface area contributed by atoms with E-state index < -0.39 is 6.10 Å². The Labute approximate surface area is 467 Å². The van der Waals surface area contributed by atoms with Gasteiger partial charge in [-0.25, -0.2) is 0 Å². The summed E-state index contributed by atoms with van der Waals surface area (Å²) >= 11 is 0. The average molecular weight is 1050 g/mol. The smallest absolute Gasteiger partial charge is 0.306 e. The second-order valence-corrected chi connectivity index (χ2v) is 22.7. The van der Waals surface area contributed by atoms with Crippen molar-refractivity contribution < 1.29 is 28.6 Å². The summed E-state index contributed by atoms with van der Waals surface area (Å²) in [5, 5.41) is 0. The predicted octanol–water partition coefficient (Wildman–Crippen LogP) is 22.8. The van der Waals surface area contributed by atoms with E-state index in [0.717, 1.165) is 70.6 Å². The lowest BCUT2D eigenvalue weighted by molar-refractivity contribution is -0.167. The number of unbranched alkanes of at least 4 members (excludes halogenated alkanes) is 45. The Balaban J connectivity index is 4.16. The Hall–Kier alpha value is -2.37. The number of hydrogen-bond acceptors (Lipinski definition) is 6. The zero-order valence-corrected chi connectivity index (χ0v) is 50.6. The Morgan fingerprint density at radius 2 is 0.480 bits per heavy atom. The normalized spacial score (nSPS) is 12.2. The number of rotatable bonds is 62. The van der Waals surface area contributed by atoms with Gasteiger partial charge in [0, 0.05) is 19.3 Å². The van der Waals surface area contributed by atoms with Gasteiger partial charge in [0.05, 0.1) is 0 Å². The van der Waals surface area contributed by atoms with E-state index in [1.807, 2.05) is 0 Å². The molecule has 1 unspecified atom stereocenters. The van der Waals surface area contributed by atoms with Gasteiger partial charge in [-0.3, -0.25) is 14.4 Å². The largest absolute Gasteiger partial charge is 0.462 e. The summed E-state index contributed by atoms with van der Waals surface area (Å²) in [4.78, 5) is 38.3. The lowest BCUT2D eigenvalue weighted by atomic mass is 10.0. The third-order valence-electron chi connectivity index (χ3n) is 15.1. The molecule has 440 valence electrons. The highest BCUT2D eigenvalue weighted by molar-refractivity contribution is 5.71. The van der Waals surface area contributed by atoms with Crippen LogP contribution in [0.5, 0.6) is 0 Å². The highest BCUT2D eigenvalue weighted by Gasteiger charge is 2.19. The van der Waals surface area contributed by atoms with Gasteiger partial charge < -0.3 is 14.2 Å². The minimum Gasteiger partial charge on any atom is -0.462 e. The fraction of sp³-hybridized carbons (Fsp3) is 0.870. The Morgan fingerprint density at radius 1 is 0.267 bits per heavy atom. The molecule has 0 aliphatic carbocycles. The molecule has 0 aromatic rings. The van der Waals surface area contributed by atoms with Gasteiger partial charge in [0.1, 0.15) is 13.2 Å². The summed E-state index contributed by atoms with van der Waals surface area (Å²) in [6, 6.07) is 0. The van der Waals surface area contributed by atoms with Crippen molar-refractivity contribution in [2.75, 3.05) is 13.2 Å². The van der Waals surface area contributed by atoms with Crippen molar-refractivity contribution in [3.05, 3.63) is 36.5 Å². The van der Waals surface area contributed by atoms with Crippen LogP contribution in [0.15, 0.2) is 36.5 Å². The van der Waals surface area contributed by atoms with Crippen LogP contribution in [0.3, 0.4) is 0 Å². The van der Waals surface area contributed by atoms with Crippen molar-refractivity contribution in [3.8, 4) is 0 Å². The molecule has 0 N–H and O–H groups in total. The van der Waals surface area contributed by atoms with Crippen LogP contribution < -0.4 is 0 Å². The van der Waals surface area contributed by atoms with Crippen LogP contribution in [0, 0.1) is 0 Å². The standard InChI is InChI=1S/C69H128O6/c1-4-7-10-13-16-19-22-25-27-29-30-31-32-33-34-35-36-37-38-39-40-41-43-44-47-50-53-56-59-62-68(71)74-65-66(64-73-67(70)61-58-55-52-49-46-24-21-18-15-12-9-6-3)75-69(72)63-60-57-54-51-48-45-42-28-26-23-20-17-14-11-8-5-2/h22,25,28-30,42,66H,4-21,23-24,26-27,31-41,43-65H2,1-3H3/b25-22-,30-29-,42-28-. The third kappa shape index (κ3) is 62.4. The minimum atomic E-state index is -0.773. The number of hydrogen-bond donors (Lipinski definition) is 0. The maximum atomic E-state index is 12.9. The summed E-state index contributed by atoms with van der Waals surface area (Å²) < 4.78 is 16.9. The number of carbonyl (C=O) groups excluding carboxylic acids is 3. The lowest BCUT2D eigenvalue weighted by Crippen LogP contribution is -2.30. The summed E-state index contributed by atoms with van der Waals surface area (Å²) in [6.45, 7) is 6.67. The first-order valence-electron chi connectivity index (χ1n) is 33.5. The topological polar surface area (TPSA) is 78.9 Å². The van der Waals surface area contributed by atoms with Crippen LogP contribution in [-0.4, -0.2) is 37.2 Å². The highest BCUT2D eigenvalue weighted by atomic mass is 16.6. The van der Waals surface area contributed by atoms with E-state index in [4.69, 9.17) is 14.2 Å². The molecular formula is C69H128O6. The quantitative estimate of drug-likeness (QED) is 0.0261. The van der Waals surface area contributed by atoms with E-state index in [-0.39, 0.29) is 31.1 Å². The molecule has 0 aromatic heterocycles. The van der Waals surface area contributed by atoms with Crippen LogP contribution in [0.4, 0.5) is 0 Å². The molecule has 6 nitrogen and oxygen atoms in total. The number of allylic oxidation sites excluding steroid dienone is 6. The first kappa shape index (κ1) is 72.6. The van der Waals surface area contributed by atoms with Gasteiger partial charge >= 0.3 is 17.9 Å². The molecule has 6 heteroatoms. The van der Waals surface area contributed by atoms with Crippen molar-refractivity contribution in [1.82, 2.24) is 0 Å². The summed E-state index contributed by atoms with van der Waals surface area (Å²) in [5.74, 6) is -0.854. The van der Waals surface area contributed by atoms with E-state index in [1.54, 1.807) is 0 Å². The van der Waals surface area contributed by atoms with Crippen molar-refractivity contribution in [3.63, 3.8) is 0 Å². The summed E-state index contributed by atoms with van der Waals surface area (Å²) in [7, 11) is 0. The number of carbonyl (C=O) groups is 3. The second kappa shape index (κ2) is 64.2. The molecule has 0 heterocycles. The molecule has 0 aliphatic rings. The Morgan fingerprint density at radius 3 is 0.747 bits per heavy atom. The first-order chi connectivity index (χ1) is 37.0. The first-order valence-corrected chi connectivity index (χ1v) is 33.5. The molecule has 0 saturated carbocycles. The summed E-state index contributed by atoms with van der Waals surface area (Å²) in [6.07, 6.45) is 78.8. The number of ether oxygens (including phenoxy) is 3. The molecule has 0 spiro atoms. The molecule has 0 saturated heterocycles. The molecule has 0 bridgehead atoms. The molecule has 0 aliphatic heterocycles. The van der Waals surface area contributed by atoms with Gasteiger partial charge in [-0.1, -0.05) is 308 Å². The fourth-order valence-corrected chi connectivity index (χ4v) is 10.1. The van der Waals surface area contributed by atoms with E-state index in [9.17, 15) is 14.4 Å². The second-order valence-electron chi connectivity index (χ2n) is 22.7. The number of esters is 3. The van der Waals surface area contributed by atoms with Gasteiger partial charge in [-0.15, -0.1) is 0 Å². The molecule has 0 aromatic carbocycles. The van der Waals surface area contributed by atoms with E-state index >= 15 is 0 Å². The molecule has 1 atom stereocenters. The lowest BCUT2D eigenvalue weighted by Gasteiger charge is -2.18. The van der Waals surface area contributed by atoms with Crippen LogP contribution in [0.25, 0.3) is 0 Å². The van der Waals surface area contributed by atoms with Crippen LogP contribution in [0.1, 0.15) is 367 Å². The molecule has 0 fully saturated rings. The SMILES string of the molecule is CCCCCCC/C=C\C/C=C\CCCCCCCCCCCCCCCCCCCC(=O)OCC(COC(=O)CCCCCCCCCCCCCC)OC(=O)CCCCCCC/C=C\CCCCCCCCC. The van der Waals surface area contributed by atoms with Gasteiger partial charge in [0.15, 0.2) is 6.10 Å². The zero-order valence-electron chi connectivity index (χ0n) is 50.6. The van der Waals surface area contributed by atoms with Gasteiger partial charge in [-0.2, -0.15) is 0 Å². The zero-order chi connectivity index (χ0) is 54.3. The summed E-state index contributed by atoms with van der Waals surface area (Å²) in [5.41, 5.74) is 0. The molecule has 75 heavy (non-hydrogen) atoms. The highest BCUT2D eigenvalue weighted by Crippen LogP contribution is 2.18. The van der Waals surface area contributed by atoms with E-state index in [2.05, 4.69) is 57.2 Å². The Bertz CT molecular complexity index is 1250. The monoisotopic (exact) mass is 1050 g/mol. The maximum absolute atomic E-state index is 12.9. The molecule has 0 radical (unpaired) electrons. The van der Waals surface area contributed by atoms with Gasteiger partial charge in [0.2, 0.25) is 0 Å². The van der Waals surface area contributed by atoms with Gasteiger partial charge in [0.25, 0.3) is 0 Å². The van der Waals surface area contributed by atoms with Crippen molar-refractivity contribution in [2.24, 2.45) is 0 Å². The van der Waals surface area contributed by atoms with Crippen molar-refractivity contribution in [2.45, 2.75) is 374 Å². The van der Waals surface area contributed by atoms with Crippen LogP contribution >= 0.6 is 0 Å². The van der Waals surface area contributed by atoms with Crippen molar-refractivity contribution in [1.29, 1.82) is 0 Å². The predicted molar refractivity (Wildman–Crippen MR) is 326 cm³/mol. The van der Waals surface area contributed by atoms with Crippen molar-refractivity contribution >= 4 is 17.9 Å². The van der Waals surface area contributed by atoms with E-state index in [0.29, 0.717) is 19.3 Å². The third-order valence-corrected chi connectivity index (χ3v) is 15.1.